The van der Waals surface area contributed by atoms with E-state index in [0.29, 0.717) is 27.7 Å². The Morgan fingerprint density at radius 1 is 1.02 bits per heavy atom. The number of carbonyl (C=O) groups excluding carboxylic acids is 1. The number of amides is 1. The van der Waals surface area contributed by atoms with E-state index in [1.54, 1.807) is 13.2 Å². The molecule has 1 amide bonds. The van der Waals surface area contributed by atoms with Gasteiger partial charge in [-0.2, -0.15) is 0 Å². The number of hydrogen-bond acceptors (Lipinski definition) is 6. The second kappa shape index (κ2) is 11.1. The molecule has 0 atom stereocenters. The maximum absolute atomic E-state index is 13.7. The van der Waals surface area contributed by atoms with Crippen LogP contribution in [0.25, 0.3) is 22.2 Å². The van der Waals surface area contributed by atoms with Crippen molar-refractivity contribution in [2.45, 2.75) is 46.0 Å². The van der Waals surface area contributed by atoms with Gasteiger partial charge in [-0.3, -0.25) is 10.1 Å². The number of carbonyl (C=O) groups is 1. The number of nitrogens with zero attached hydrogens (tertiary/aromatic N) is 2. The molecule has 1 N–H and O–H groups in total. The van der Waals surface area contributed by atoms with Gasteiger partial charge in [-0.25, -0.2) is 9.98 Å². The van der Waals surface area contributed by atoms with Crippen LogP contribution in [-0.2, 0) is 19.3 Å². The monoisotopic (exact) mass is 549 g/mol. The van der Waals surface area contributed by atoms with Gasteiger partial charge in [-0.1, -0.05) is 36.8 Å². The Hall–Kier alpha value is -4.23. The van der Waals surface area contributed by atoms with E-state index in [1.165, 1.54) is 35.3 Å². The Balaban J connectivity index is 1.38. The van der Waals surface area contributed by atoms with Gasteiger partial charge in [-0.15, -0.1) is 11.3 Å². The highest BCUT2D eigenvalue weighted by molar-refractivity contribution is 7.16. The van der Waals surface area contributed by atoms with Crippen molar-refractivity contribution in [2.75, 3.05) is 12.4 Å². The molecule has 0 saturated heterocycles. The number of rotatable bonds is 6. The summed E-state index contributed by atoms with van der Waals surface area (Å²) in [5.74, 6) is 0.354. The molecule has 0 saturated carbocycles. The Kier molecular flexibility index (Phi) is 7.22. The van der Waals surface area contributed by atoms with Crippen molar-refractivity contribution in [1.82, 2.24) is 4.98 Å². The smallest absolute Gasteiger partial charge is 0.262 e. The van der Waals surface area contributed by atoms with Crippen LogP contribution in [0.2, 0.25) is 0 Å². The lowest BCUT2D eigenvalue weighted by atomic mass is 9.90. The molecule has 5 aromatic rings. The van der Waals surface area contributed by atoms with Crippen molar-refractivity contribution in [3.63, 3.8) is 0 Å². The molecule has 6 rings (SSSR count). The highest BCUT2D eigenvalue weighted by atomic mass is 32.1. The zero-order valence-electron chi connectivity index (χ0n) is 22.9. The molecular weight excluding hydrogens is 518 g/mol. The lowest BCUT2D eigenvalue weighted by Gasteiger charge is -2.16. The Labute approximate surface area is 237 Å². The summed E-state index contributed by atoms with van der Waals surface area (Å²) in [5, 5.41) is 4.33. The maximum atomic E-state index is 13.7. The van der Waals surface area contributed by atoms with Gasteiger partial charge in [-0.05, 0) is 92.6 Å². The molecule has 0 spiro atoms. The minimum absolute atomic E-state index is 0.237. The van der Waals surface area contributed by atoms with Crippen LogP contribution in [0.1, 0.15) is 51.7 Å². The molecule has 0 radical (unpaired) electrons. The minimum atomic E-state index is -0.326. The highest BCUT2D eigenvalue weighted by Gasteiger charge is 2.19. The number of aromatic nitrogens is 1. The fourth-order valence-electron chi connectivity index (χ4n) is 5.13. The highest BCUT2D eigenvalue weighted by Crippen LogP contribution is 2.34. The number of hydrogen-bond donors (Lipinski definition) is 1. The van der Waals surface area contributed by atoms with Crippen molar-refractivity contribution >= 4 is 39.0 Å². The zero-order valence-corrected chi connectivity index (χ0v) is 23.7. The summed E-state index contributed by atoms with van der Waals surface area (Å²) in [7, 11) is 1.61. The normalized spacial score (nSPS) is 13.3. The third kappa shape index (κ3) is 5.29. The number of nitrogens with one attached hydrogen (secondary N) is 1. The van der Waals surface area contributed by atoms with Crippen molar-refractivity contribution < 1.29 is 13.9 Å². The van der Waals surface area contributed by atoms with Gasteiger partial charge in [0.1, 0.15) is 16.9 Å². The Morgan fingerprint density at radius 3 is 2.60 bits per heavy atom. The molecule has 40 heavy (non-hydrogen) atoms. The topological polar surface area (TPSA) is 76.7 Å². The molecule has 0 bridgehead atoms. The van der Waals surface area contributed by atoms with E-state index >= 15 is 0 Å². The lowest BCUT2D eigenvalue weighted by molar-refractivity contribution is 0.102. The van der Waals surface area contributed by atoms with Crippen LogP contribution in [0.5, 0.6) is 5.75 Å². The molecule has 0 aliphatic heterocycles. The Bertz CT molecular complexity index is 1780. The van der Waals surface area contributed by atoms with Gasteiger partial charge in [0.25, 0.3) is 5.91 Å². The lowest BCUT2D eigenvalue weighted by Crippen LogP contribution is -2.21. The van der Waals surface area contributed by atoms with E-state index in [9.17, 15) is 4.79 Å². The van der Waals surface area contributed by atoms with Crippen LogP contribution in [0, 0.1) is 6.92 Å². The van der Waals surface area contributed by atoms with E-state index in [0.717, 1.165) is 46.3 Å². The van der Waals surface area contributed by atoms with Crippen LogP contribution in [-0.4, -0.2) is 18.0 Å². The number of aryl methyl sites for hydroxylation is 4. The van der Waals surface area contributed by atoms with Gasteiger partial charge < -0.3 is 9.15 Å². The van der Waals surface area contributed by atoms with E-state index in [-0.39, 0.29) is 11.5 Å². The van der Waals surface area contributed by atoms with Crippen LogP contribution in [0.4, 0.5) is 10.8 Å². The number of thiazole rings is 1. The van der Waals surface area contributed by atoms with Crippen LogP contribution in [0.3, 0.4) is 0 Å². The fraction of sp³-hybridized carbons (Fsp3) is 0.242. The average Bonchev–Trinajstić information content (AvgIpc) is 3.40. The molecule has 1 aliphatic carbocycles. The van der Waals surface area contributed by atoms with Gasteiger partial charge in [0, 0.05) is 15.8 Å². The van der Waals surface area contributed by atoms with Gasteiger partial charge in [0.2, 0.25) is 5.55 Å². The van der Waals surface area contributed by atoms with Crippen molar-refractivity contribution in [2.24, 2.45) is 4.99 Å². The minimum Gasteiger partial charge on any atom is -0.497 e. The second-order valence-corrected chi connectivity index (χ2v) is 11.2. The molecule has 6 nitrogen and oxygen atoms in total. The predicted octanol–water partition coefficient (Wildman–Crippen LogP) is 7.80. The van der Waals surface area contributed by atoms with E-state index in [4.69, 9.17) is 14.1 Å². The van der Waals surface area contributed by atoms with E-state index < -0.39 is 0 Å². The molecular formula is C33H31N3O3S. The summed E-state index contributed by atoms with van der Waals surface area (Å²) in [4.78, 5) is 24.4. The first-order chi connectivity index (χ1) is 19.5. The van der Waals surface area contributed by atoms with E-state index in [1.807, 2.05) is 49.4 Å². The summed E-state index contributed by atoms with van der Waals surface area (Å²) >= 11 is 1.51. The third-order valence-electron chi connectivity index (χ3n) is 7.32. The largest absolute Gasteiger partial charge is 0.497 e. The van der Waals surface area contributed by atoms with Crippen LogP contribution in [0.15, 0.2) is 76.1 Å². The molecule has 1 aliphatic rings. The zero-order chi connectivity index (χ0) is 27.6. The standard InChI is InChI=1S/C33H31N3O3S/c1-4-29-30(23-12-11-21-7-5-6-8-22(21)17-23)35-33(40-29)36-31(37)27-19-24-18-26(38-3)15-16-28(24)39-32(27)34-25-13-9-20(2)10-14-25/h9-19H,4-8H2,1-3H3,(H,35,36,37). The first-order valence-corrected chi connectivity index (χ1v) is 14.5. The fourth-order valence-corrected chi connectivity index (χ4v) is 6.05. The summed E-state index contributed by atoms with van der Waals surface area (Å²) in [5.41, 5.74) is 7.91. The number of anilines is 1. The quantitative estimate of drug-likeness (QED) is 0.234. The number of fused-ring (bicyclic) bond motifs is 2. The SMILES string of the molecule is CCc1sc(NC(=O)c2cc3cc(OC)ccc3oc2=Nc2ccc(C)cc2)nc1-c1ccc2c(c1)CCCC2. The van der Waals surface area contributed by atoms with Crippen LogP contribution >= 0.6 is 11.3 Å². The second-order valence-electron chi connectivity index (χ2n) is 10.1. The summed E-state index contributed by atoms with van der Waals surface area (Å²) in [6, 6.07) is 21.7. The number of methoxy groups -OCH3 is 1. The summed E-state index contributed by atoms with van der Waals surface area (Å²) in [6.45, 7) is 4.14. The summed E-state index contributed by atoms with van der Waals surface area (Å²) in [6.07, 6.45) is 5.58. The molecule has 202 valence electrons. The number of benzene rings is 3. The van der Waals surface area contributed by atoms with Gasteiger partial charge in [0.15, 0.2) is 5.13 Å². The molecule has 2 heterocycles. The molecule has 3 aromatic carbocycles. The van der Waals surface area contributed by atoms with Crippen molar-refractivity contribution in [1.29, 1.82) is 0 Å². The molecule has 7 heteroatoms. The van der Waals surface area contributed by atoms with Gasteiger partial charge >= 0.3 is 0 Å². The van der Waals surface area contributed by atoms with Gasteiger partial charge in [0.05, 0.1) is 18.5 Å². The predicted molar refractivity (Wildman–Crippen MR) is 161 cm³/mol. The maximum Gasteiger partial charge on any atom is 0.262 e. The first-order valence-electron chi connectivity index (χ1n) is 13.7. The Morgan fingerprint density at radius 2 is 1.82 bits per heavy atom. The molecule has 2 aromatic heterocycles. The average molecular weight is 550 g/mol. The number of ether oxygens (including phenoxy) is 1. The van der Waals surface area contributed by atoms with E-state index in [2.05, 4.69) is 35.4 Å². The molecule has 0 fully saturated rings. The summed E-state index contributed by atoms with van der Waals surface area (Å²) < 4.78 is 11.5. The van der Waals surface area contributed by atoms with Crippen molar-refractivity contribution in [3.05, 3.63) is 99.4 Å². The first kappa shape index (κ1) is 26.0. The third-order valence-corrected chi connectivity index (χ3v) is 8.44. The van der Waals surface area contributed by atoms with Crippen molar-refractivity contribution in [3.8, 4) is 17.0 Å². The molecule has 0 unspecified atom stereocenters. The van der Waals surface area contributed by atoms with Crippen LogP contribution < -0.4 is 15.6 Å².